The van der Waals surface area contributed by atoms with Crippen LogP contribution >= 0.6 is 27.5 Å². The van der Waals surface area contributed by atoms with E-state index in [2.05, 4.69) is 27.0 Å². The van der Waals surface area contributed by atoms with Gasteiger partial charge in [-0.2, -0.15) is 5.26 Å². The van der Waals surface area contributed by atoms with Gasteiger partial charge in [0, 0.05) is 20.6 Å². The summed E-state index contributed by atoms with van der Waals surface area (Å²) in [5.41, 5.74) is 10.7. The van der Waals surface area contributed by atoms with Crippen molar-refractivity contribution in [1.82, 2.24) is 4.98 Å². The Kier molecular flexibility index (Phi) is 4.57. The van der Waals surface area contributed by atoms with Gasteiger partial charge in [-0.15, -0.1) is 0 Å². The van der Waals surface area contributed by atoms with Crippen molar-refractivity contribution in [2.24, 2.45) is 0 Å². The molecule has 0 aliphatic rings. The van der Waals surface area contributed by atoms with Crippen LogP contribution in [0, 0.1) is 18.3 Å². The van der Waals surface area contributed by atoms with E-state index >= 15 is 0 Å². The van der Waals surface area contributed by atoms with Gasteiger partial charge in [-0.1, -0.05) is 51.8 Å². The number of halogens is 2. The van der Waals surface area contributed by atoms with E-state index in [1.165, 1.54) is 0 Å². The molecule has 0 spiro atoms. The molecule has 2 N–H and O–H groups in total. The first-order valence-corrected chi connectivity index (χ1v) is 8.40. The first kappa shape index (κ1) is 16.5. The second-order valence-electron chi connectivity index (χ2n) is 5.35. The van der Waals surface area contributed by atoms with Crippen molar-refractivity contribution in [2.75, 3.05) is 5.73 Å². The van der Waals surface area contributed by atoms with Gasteiger partial charge in [-0.3, -0.25) is 0 Å². The van der Waals surface area contributed by atoms with Crippen LogP contribution in [-0.4, -0.2) is 4.98 Å². The fourth-order valence-corrected chi connectivity index (χ4v) is 3.23. The third kappa shape index (κ3) is 3.01. The van der Waals surface area contributed by atoms with E-state index in [0.717, 1.165) is 32.4 Å². The van der Waals surface area contributed by atoms with Gasteiger partial charge in [0.25, 0.3) is 0 Å². The predicted molar refractivity (Wildman–Crippen MR) is 102 cm³/mol. The monoisotopic (exact) mass is 397 g/mol. The summed E-state index contributed by atoms with van der Waals surface area (Å²) in [6, 6.07) is 17.4. The average Bonchev–Trinajstić information content (AvgIpc) is 2.57. The Morgan fingerprint density at radius 1 is 1.12 bits per heavy atom. The zero-order chi connectivity index (χ0) is 17.3. The van der Waals surface area contributed by atoms with E-state index in [4.69, 9.17) is 17.3 Å². The first-order chi connectivity index (χ1) is 11.5. The van der Waals surface area contributed by atoms with E-state index in [0.29, 0.717) is 10.6 Å². The van der Waals surface area contributed by atoms with Crippen molar-refractivity contribution in [3.05, 3.63) is 69.2 Å². The normalized spacial score (nSPS) is 10.4. The highest BCUT2D eigenvalue weighted by Gasteiger charge is 2.18. The number of aromatic nitrogens is 1. The lowest BCUT2D eigenvalue weighted by Gasteiger charge is -2.15. The highest BCUT2D eigenvalue weighted by Crippen LogP contribution is 2.36. The molecule has 3 rings (SSSR count). The average molecular weight is 399 g/mol. The molecular formula is C19H13BrClN3. The van der Waals surface area contributed by atoms with Crippen LogP contribution in [0.15, 0.2) is 53.0 Å². The summed E-state index contributed by atoms with van der Waals surface area (Å²) in [7, 11) is 0. The lowest BCUT2D eigenvalue weighted by atomic mass is 9.93. The van der Waals surface area contributed by atoms with Gasteiger partial charge in [-0.05, 0) is 42.3 Å². The van der Waals surface area contributed by atoms with Crippen molar-refractivity contribution in [2.45, 2.75) is 6.92 Å². The SMILES string of the molecule is Cc1c(-c2ccc(Cl)cc2)nc(N)c(C#N)c1-c1cccc(Br)c1. The molecule has 0 unspecified atom stereocenters. The highest BCUT2D eigenvalue weighted by molar-refractivity contribution is 9.10. The van der Waals surface area contributed by atoms with Crippen molar-refractivity contribution < 1.29 is 0 Å². The van der Waals surface area contributed by atoms with Gasteiger partial charge in [0.05, 0.1) is 5.69 Å². The number of nitrogen functional groups attached to an aromatic ring is 1. The van der Waals surface area contributed by atoms with E-state index in [-0.39, 0.29) is 5.82 Å². The van der Waals surface area contributed by atoms with Gasteiger partial charge < -0.3 is 5.73 Å². The summed E-state index contributed by atoms with van der Waals surface area (Å²) < 4.78 is 0.937. The van der Waals surface area contributed by atoms with Gasteiger partial charge in [0.1, 0.15) is 17.5 Å². The molecule has 0 amide bonds. The first-order valence-electron chi connectivity index (χ1n) is 7.23. The summed E-state index contributed by atoms with van der Waals surface area (Å²) in [6.45, 7) is 1.95. The quantitative estimate of drug-likeness (QED) is 0.611. The van der Waals surface area contributed by atoms with Crippen molar-refractivity contribution >= 4 is 33.3 Å². The van der Waals surface area contributed by atoms with Gasteiger partial charge in [0.2, 0.25) is 0 Å². The highest BCUT2D eigenvalue weighted by atomic mass is 79.9. The van der Waals surface area contributed by atoms with E-state index in [1.54, 1.807) is 0 Å². The Morgan fingerprint density at radius 2 is 1.83 bits per heavy atom. The number of nitriles is 1. The largest absolute Gasteiger partial charge is 0.383 e. The molecule has 3 aromatic rings. The summed E-state index contributed by atoms with van der Waals surface area (Å²) in [5, 5.41) is 10.2. The van der Waals surface area contributed by atoms with E-state index < -0.39 is 0 Å². The third-order valence-electron chi connectivity index (χ3n) is 3.81. The predicted octanol–water partition coefficient (Wildman–Crippen LogP) is 5.59. The number of benzene rings is 2. The van der Waals surface area contributed by atoms with Crippen LogP contribution in [-0.2, 0) is 0 Å². The molecule has 0 bridgehead atoms. The molecule has 0 saturated carbocycles. The number of anilines is 1. The summed E-state index contributed by atoms with van der Waals surface area (Å²) in [6.07, 6.45) is 0. The van der Waals surface area contributed by atoms with Crippen molar-refractivity contribution in [3.63, 3.8) is 0 Å². The van der Waals surface area contributed by atoms with Crippen LogP contribution in [0.25, 0.3) is 22.4 Å². The molecule has 0 fully saturated rings. The molecule has 118 valence electrons. The second kappa shape index (κ2) is 6.64. The molecule has 3 nitrogen and oxygen atoms in total. The van der Waals surface area contributed by atoms with Gasteiger partial charge >= 0.3 is 0 Å². The zero-order valence-electron chi connectivity index (χ0n) is 12.8. The maximum absolute atomic E-state index is 9.55. The molecule has 24 heavy (non-hydrogen) atoms. The Bertz CT molecular complexity index is 960. The minimum Gasteiger partial charge on any atom is -0.383 e. The van der Waals surface area contributed by atoms with Crippen LogP contribution < -0.4 is 5.73 Å². The minimum atomic E-state index is 0.225. The molecule has 5 heteroatoms. The Balaban J connectivity index is 2.32. The Labute approximate surface area is 153 Å². The second-order valence-corrected chi connectivity index (χ2v) is 6.70. The molecule has 2 aromatic carbocycles. The van der Waals surface area contributed by atoms with Crippen molar-refractivity contribution in [3.8, 4) is 28.5 Å². The molecule has 1 heterocycles. The maximum Gasteiger partial charge on any atom is 0.142 e. The molecule has 1 aromatic heterocycles. The van der Waals surface area contributed by atoms with E-state index in [9.17, 15) is 5.26 Å². The van der Waals surface area contributed by atoms with Crippen LogP contribution in [0.1, 0.15) is 11.1 Å². The van der Waals surface area contributed by atoms with Crippen molar-refractivity contribution in [1.29, 1.82) is 5.26 Å². The maximum atomic E-state index is 9.55. The number of nitrogens with two attached hydrogens (primary N) is 1. The minimum absolute atomic E-state index is 0.225. The fraction of sp³-hybridized carbons (Fsp3) is 0.0526. The molecule has 0 radical (unpaired) electrons. The topological polar surface area (TPSA) is 62.7 Å². The smallest absolute Gasteiger partial charge is 0.142 e. The number of nitrogens with zero attached hydrogens (tertiary/aromatic N) is 2. The third-order valence-corrected chi connectivity index (χ3v) is 4.56. The number of rotatable bonds is 2. The fourth-order valence-electron chi connectivity index (χ4n) is 2.70. The van der Waals surface area contributed by atoms with Crippen LogP contribution in [0.2, 0.25) is 5.02 Å². The number of hydrogen-bond acceptors (Lipinski definition) is 3. The summed E-state index contributed by atoms with van der Waals surface area (Å²) in [4.78, 5) is 4.45. The lowest BCUT2D eigenvalue weighted by Crippen LogP contribution is -2.03. The van der Waals surface area contributed by atoms with Crippen LogP contribution in [0.4, 0.5) is 5.82 Å². The Morgan fingerprint density at radius 3 is 2.46 bits per heavy atom. The molecule has 0 saturated heterocycles. The van der Waals surface area contributed by atoms with Gasteiger partial charge in [0.15, 0.2) is 0 Å². The lowest BCUT2D eigenvalue weighted by molar-refractivity contribution is 1.26. The number of pyridine rings is 1. The number of hydrogen-bond donors (Lipinski definition) is 1. The van der Waals surface area contributed by atoms with Crippen LogP contribution in [0.5, 0.6) is 0 Å². The summed E-state index contributed by atoms with van der Waals surface area (Å²) >= 11 is 9.45. The zero-order valence-corrected chi connectivity index (χ0v) is 15.2. The standard InChI is InChI=1S/C19H13BrClN3/c1-11-17(13-3-2-4-14(20)9-13)16(10-22)19(23)24-18(11)12-5-7-15(21)8-6-12/h2-9H,1H3,(H2,23,24). The van der Waals surface area contributed by atoms with Gasteiger partial charge in [-0.25, -0.2) is 4.98 Å². The molecule has 0 aliphatic carbocycles. The molecule has 0 atom stereocenters. The Hall–Kier alpha value is -2.35. The van der Waals surface area contributed by atoms with E-state index in [1.807, 2.05) is 55.5 Å². The van der Waals surface area contributed by atoms with Crippen LogP contribution in [0.3, 0.4) is 0 Å². The molecular weight excluding hydrogens is 386 g/mol. The summed E-state index contributed by atoms with van der Waals surface area (Å²) in [5.74, 6) is 0.225. The molecule has 0 aliphatic heterocycles.